The minimum absolute atomic E-state index is 0. The summed E-state index contributed by atoms with van der Waals surface area (Å²) < 4.78 is 0. The van der Waals surface area contributed by atoms with Crippen molar-refractivity contribution in [3.63, 3.8) is 0 Å². The first-order valence-electron chi connectivity index (χ1n) is 1.22. The predicted molar refractivity (Wildman–Crippen MR) is 10.8 cm³/mol. The number of carboxylic acid groups (broad SMARTS) is 4. The summed E-state index contributed by atoms with van der Waals surface area (Å²) in [6.07, 6.45) is -4.67. The summed E-state index contributed by atoms with van der Waals surface area (Å²) in [5.41, 5.74) is 0. The van der Waals surface area contributed by atoms with Gasteiger partial charge in [-0.3, -0.25) is 0 Å². The molecule has 10 heavy (non-hydrogen) atoms. The molecule has 0 aromatic heterocycles. The van der Waals surface area contributed by atoms with Crippen LogP contribution in [0.5, 0.6) is 0 Å². The van der Waals surface area contributed by atoms with Crippen molar-refractivity contribution in [3.05, 3.63) is 0 Å². The van der Waals surface area contributed by atoms with Gasteiger partial charge in [-0.25, -0.2) is 0 Å². The van der Waals surface area contributed by atoms with E-state index in [4.69, 9.17) is 30.0 Å². The predicted octanol–water partition coefficient (Wildman–Crippen LogP) is -4.90. The van der Waals surface area contributed by atoms with Crippen molar-refractivity contribution in [2.24, 2.45) is 0 Å². The molecule has 0 heterocycles. The van der Waals surface area contributed by atoms with Crippen LogP contribution in [0.1, 0.15) is 0 Å². The zero-order valence-corrected chi connectivity index (χ0v) is 6.07. The molecule has 0 aromatic carbocycles. The number of carbonyl (C=O) groups excluding carboxylic acids is 2. The summed E-state index contributed by atoms with van der Waals surface area (Å²) in [7, 11) is 0. The Bertz CT molecular complexity index is 73.7. The minimum Gasteiger partial charge on any atom is -0.652 e. The molecule has 6 nitrogen and oxygen atoms in total. The van der Waals surface area contributed by atoms with E-state index >= 15 is 0 Å². The summed E-state index contributed by atoms with van der Waals surface area (Å²) in [4.78, 5) is 16.7. The van der Waals surface area contributed by atoms with Crippen molar-refractivity contribution in [2.45, 2.75) is 0 Å². The molecule has 0 bridgehead atoms. The van der Waals surface area contributed by atoms with Gasteiger partial charge in [0.25, 0.3) is 0 Å². The Morgan fingerprint density at radius 1 is 0.800 bits per heavy atom. The molecule has 0 amide bonds. The van der Waals surface area contributed by atoms with E-state index in [1.807, 2.05) is 0 Å². The number of rotatable bonds is 0. The topological polar surface area (TPSA) is 126 Å². The van der Waals surface area contributed by atoms with E-state index in [1.54, 1.807) is 0 Å². The van der Waals surface area contributed by atoms with Crippen molar-refractivity contribution in [1.82, 2.24) is 0 Å². The molecule has 0 rings (SSSR count). The third-order valence-electron chi connectivity index (χ3n) is 0. The van der Waals surface area contributed by atoms with E-state index in [-0.39, 0.29) is 33.8 Å². The van der Waals surface area contributed by atoms with Crippen molar-refractivity contribution in [3.8, 4) is 0 Å². The fourth-order valence-electron chi connectivity index (χ4n) is 0. The zero-order valence-electron chi connectivity index (χ0n) is 4.08. The number of carbonyl (C=O) groups is 2. The monoisotopic (exact) mass is 242 g/mol. The number of hydrogen-bond acceptors (Lipinski definition) is 6. The second kappa shape index (κ2) is 15.8. The maximum Gasteiger partial charge on any atom is 2.00 e. The zero-order chi connectivity index (χ0) is 7.15. The van der Waals surface area contributed by atoms with Crippen LogP contribution in [0.15, 0.2) is 0 Å². The third kappa shape index (κ3) is 1730. The molecule has 0 aliphatic carbocycles. The van der Waals surface area contributed by atoms with Crippen LogP contribution < -0.4 is 20.4 Å². The summed E-state index contributed by atoms with van der Waals surface area (Å²) in [5, 5.41) is 33.3. The van der Waals surface area contributed by atoms with Gasteiger partial charge in [0.15, 0.2) is 0 Å². The molecule has 2 radical (unpaired) electrons. The van der Waals surface area contributed by atoms with Crippen LogP contribution in [0.2, 0.25) is 0 Å². The molecule has 0 saturated heterocycles. The quantitative estimate of drug-likeness (QED) is 0.392. The summed E-state index contributed by atoms with van der Waals surface area (Å²) in [5.74, 6) is 0. The fourth-order valence-corrected chi connectivity index (χ4v) is 0. The maximum absolute atomic E-state index is 8.33. The molecule has 0 spiro atoms. The molecule has 0 aliphatic rings. The maximum atomic E-state index is 8.33. The molecule has 8 heteroatoms. The van der Waals surface area contributed by atoms with Gasteiger partial charge in [0.1, 0.15) is 0 Å². The first-order valence-corrected chi connectivity index (χ1v) is 1.22. The molecule has 0 saturated carbocycles. The van der Waals surface area contributed by atoms with Crippen molar-refractivity contribution < 1.29 is 63.9 Å². The van der Waals surface area contributed by atoms with Crippen LogP contribution in [0.4, 0.5) is 9.59 Å². The minimum atomic E-state index is -2.33. The first-order chi connectivity index (χ1) is 3.46. The Kier molecular flexibility index (Phi) is 35.9. The van der Waals surface area contributed by atoms with Gasteiger partial charge in [-0.05, 0) is 12.3 Å². The molecular weight excluding hydrogens is 242 g/mol. The van der Waals surface area contributed by atoms with Crippen LogP contribution in [0.3, 0.4) is 0 Å². The smallest absolute Gasteiger partial charge is 0.652 e. The molecule has 0 atom stereocenters. The average Bonchev–Trinajstić information content (AvgIpc) is 1.25. The summed E-state index contributed by atoms with van der Waals surface area (Å²) in [6.45, 7) is 0. The first kappa shape index (κ1) is 22.7. The largest absolute Gasteiger partial charge is 2.00 e. The Hall–Kier alpha value is -0.434. The van der Waals surface area contributed by atoms with Gasteiger partial charge in [-0.2, -0.15) is 0 Å². The van der Waals surface area contributed by atoms with Gasteiger partial charge in [0.05, 0.1) is 0 Å². The molecule has 0 aliphatic heterocycles. The molecule has 0 aromatic rings. The molecule has 0 unspecified atom stereocenters. The van der Waals surface area contributed by atoms with E-state index in [1.165, 1.54) is 0 Å². The van der Waals surface area contributed by atoms with E-state index in [0.717, 1.165) is 0 Å². The Balaban J connectivity index is -0.0000000300. The van der Waals surface area contributed by atoms with Crippen LogP contribution >= 0.6 is 0 Å². The Morgan fingerprint density at radius 2 is 0.800 bits per heavy atom. The van der Waals surface area contributed by atoms with Gasteiger partial charge < -0.3 is 30.0 Å². The SMILES string of the molecule is O=C([O-])[O-].O=C([O-])[O-].[Co+2].[Cu+2]. The van der Waals surface area contributed by atoms with E-state index in [2.05, 4.69) is 0 Å². The van der Waals surface area contributed by atoms with Gasteiger partial charge in [0.2, 0.25) is 0 Å². The number of hydrogen-bond donors (Lipinski definition) is 0. The van der Waals surface area contributed by atoms with Crippen LogP contribution in [-0.4, -0.2) is 12.3 Å². The van der Waals surface area contributed by atoms with E-state index in [0.29, 0.717) is 0 Å². The average molecular weight is 242 g/mol. The summed E-state index contributed by atoms with van der Waals surface area (Å²) >= 11 is 0. The molecule has 0 fully saturated rings. The van der Waals surface area contributed by atoms with Crippen LogP contribution in [-0.2, 0) is 33.8 Å². The van der Waals surface area contributed by atoms with Gasteiger partial charge in [-0.15, -0.1) is 0 Å². The van der Waals surface area contributed by atoms with E-state index < -0.39 is 12.3 Å². The van der Waals surface area contributed by atoms with Gasteiger partial charge in [0, 0.05) is 0 Å². The molecular formula is C2CoCuO6. The van der Waals surface area contributed by atoms with E-state index in [9.17, 15) is 0 Å². The van der Waals surface area contributed by atoms with Gasteiger partial charge >= 0.3 is 33.8 Å². The second-order valence-electron chi connectivity index (χ2n) is 0.500. The van der Waals surface area contributed by atoms with Crippen molar-refractivity contribution in [1.29, 1.82) is 0 Å². The molecule has 64 valence electrons. The standard InChI is InChI=1S/2CH2O3.Co.Cu/c2*2-1(3)4;;/h2*(H2,2,3,4);;/q;;2*+2/p-4. The fraction of sp³-hybridized carbons (Fsp3) is 0. The Labute approximate surface area is 76.5 Å². The van der Waals surface area contributed by atoms with Crippen LogP contribution in [0, 0.1) is 0 Å². The molecule has 0 N–H and O–H groups in total. The van der Waals surface area contributed by atoms with Crippen molar-refractivity contribution in [2.75, 3.05) is 0 Å². The Morgan fingerprint density at radius 3 is 0.800 bits per heavy atom. The second-order valence-corrected chi connectivity index (χ2v) is 0.500. The normalized spacial score (nSPS) is 4.80. The van der Waals surface area contributed by atoms with Crippen LogP contribution in [0.25, 0.3) is 0 Å². The van der Waals surface area contributed by atoms with Crippen molar-refractivity contribution >= 4 is 12.3 Å². The summed E-state index contributed by atoms with van der Waals surface area (Å²) in [6, 6.07) is 0. The third-order valence-corrected chi connectivity index (χ3v) is 0. The van der Waals surface area contributed by atoms with Gasteiger partial charge in [-0.1, -0.05) is 0 Å².